The van der Waals surface area contributed by atoms with E-state index in [0.29, 0.717) is 0 Å². The van der Waals surface area contributed by atoms with Crippen LogP contribution >= 0.6 is 0 Å². The molecule has 102 valence electrons. The Hall–Kier alpha value is -2.47. The number of nitro groups is 1. The molecule has 0 N–H and O–H groups in total. The fourth-order valence-corrected chi connectivity index (χ4v) is 2.58. The van der Waals surface area contributed by atoms with E-state index in [9.17, 15) is 18.5 Å². The van der Waals surface area contributed by atoms with E-state index in [-0.39, 0.29) is 10.6 Å². The molecule has 0 aliphatic heterocycles. The third-order valence-corrected chi connectivity index (χ3v) is 4.04. The third kappa shape index (κ3) is 3.30. The van der Waals surface area contributed by atoms with Crippen molar-refractivity contribution < 1.29 is 13.3 Å². The van der Waals surface area contributed by atoms with Crippen LogP contribution in [0.25, 0.3) is 6.08 Å². The summed E-state index contributed by atoms with van der Waals surface area (Å²) < 4.78 is 24.1. The van der Waals surface area contributed by atoms with E-state index in [1.165, 1.54) is 30.3 Å². The molecule has 2 aromatic carbocycles. The first-order valence-corrected chi connectivity index (χ1v) is 7.26. The van der Waals surface area contributed by atoms with Crippen LogP contribution in [0.3, 0.4) is 0 Å². The molecule has 20 heavy (non-hydrogen) atoms. The van der Waals surface area contributed by atoms with Gasteiger partial charge in [-0.05, 0) is 23.8 Å². The van der Waals surface area contributed by atoms with Crippen molar-refractivity contribution in [1.29, 1.82) is 0 Å². The van der Waals surface area contributed by atoms with Crippen LogP contribution in [0.4, 0.5) is 5.69 Å². The van der Waals surface area contributed by atoms with Gasteiger partial charge in [0.2, 0.25) is 0 Å². The molecule has 2 aromatic rings. The minimum absolute atomic E-state index is 0.0234. The maximum absolute atomic E-state index is 12.0. The molecule has 0 aliphatic carbocycles. The zero-order chi connectivity index (χ0) is 14.6. The summed E-state index contributed by atoms with van der Waals surface area (Å²) in [5.41, 5.74) is 0.619. The Morgan fingerprint density at radius 3 is 2.10 bits per heavy atom. The zero-order valence-electron chi connectivity index (χ0n) is 10.3. The molecule has 0 amide bonds. The lowest BCUT2D eigenvalue weighted by Gasteiger charge is -1.99. The second kappa shape index (κ2) is 5.66. The van der Waals surface area contributed by atoms with Crippen LogP contribution in [0.15, 0.2) is 64.9 Å². The normalized spacial score (nSPS) is 11.6. The second-order valence-electron chi connectivity index (χ2n) is 4.01. The lowest BCUT2D eigenvalue weighted by molar-refractivity contribution is -0.384. The topological polar surface area (TPSA) is 77.3 Å². The number of nitro benzene ring substituents is 1. The third-order valence-electron chi connectivity index (χ3n) is 2.62. The Morgan fingerprint density at radius 1 is 0.950 bits per heavy atom. The van der Waals surface area contributed by atoms with Crippen LogP contribution in [0.5, 0.6) is 0 Å². The van der Waals surface area contributed by atoms with E-state index in [1.54, 1.807) is 24.3 Å². The highest BCUT2D eigenvalue weighted by Crippen LogP contribution is 2.18. The Morgan fingerprint density at radius 2 is 1.55 bits per heavy atom. The van der Waals surface area contributed by atoms with Crippen LogP contribution in [-0.2, 0) is 9.84 Å². The van der Waals surface area contributed by atoms with Crippen molar-refractivity contribution in [1.82, 2.24) is 0 Å². The van der Waals surface area contributed by atoms with Gasteiger partial charge in [0.15, 0.2) is 9.84 Å². The van der Waals surface area contributed by atoms with Crippen molar-refractivity contribution in [2.75, 3.05) is 0 Å². The largest absolute Gasteiger partial charge is 0.269 e. The molecule has 0 saturated carbocycles. The molecule has 2 rings (SSSR count). The number of hydrogen-bond acceptors (Lipinski definition) is 4. The van der Waals surface area contributed by atoms with Gasteiger partial charge in [0.25, 0.3) is 5.69 Å². The van der Waals surface area contributed by atoms with Gasteiger partial charge < -0.3 is 0 Å². The minimum atomic E-state index is -3.60. The lowest BCUT2D eigenvalue weighted by atomic mass is 10.2. The van der Waals surface area contributed by atoms with Gasteiger partial charge in [-0.25, -0.2) is 8.42 Å². The Balaban J connectivity index is 2.27. The second-order valence-corrected chi connectivity index (χ2v) is 5.84. The quantitative estimate of drug-likeness (QED) is 0.640. The SMILES string of the molecule is O=[N+]([O-])c1ccc(S(=O)(=O)/C=C/c2ccccc2)cc1. The molecule has 0 heterocycles. The maximum Gasteiger partial charge on any atom is 0.269 e. The number of hydrogen-bond donors (Lipinski definition) is 0. The van der Waals surface area contributed by atoms with Crippen molar-refractivity contribution in [3.63, 3.8) is 0 Å². The predicted molar refractivity (Wildman–Crippen MR) is 75.8 cm³/mol. The predicted octanol–water partition coefficient (Wildman–Crippen LogP) is 3.04. The van der Waals surface area contributed by atoms with Crippen LogP contribution < -0.4 is 0 Å². The molecule has 0 spiro atoms. The zero-order valence-corrected chi connectivity index (χ0v) is 11.2. The Kier molecular flexibility index (Phi) is 3.95. The van der Waals surface area contributed by atoms with Crippen molar-refractivity contribution in [3.05, 3.63) is 75.7 Å². The highest BCUT2D eigenvalue weighted by molar-refractivity contribution is 7.94. The summed E-state index contributed by atoms with van der Waals surface area (Å²) in [4.78, 5) is 9.96. The van der Waals surface area contributed by atoms with Gasteiger partial charge in [-0.2, -0.15) is 0 Å². The van der Waals surface area contributed by atoms with Gasteiger partial charge in [0.05, 0.1) is 9.82 Å². The van der Waals surface area contributed by atoms with E-state index in [4.69, 9.17) is 0 Å². The van der Waals surface area contributed by atoms with Crippen molar-refractivity contribution in [3.8, 4) is 0 Å². The van der Waals surface area contributed by atoms with E-state index >= 15 is 0 Å². The number of sulfone groups is 1. The van der Waals surface area contributed by atoms with Gasteiger partial charge in [-0.15, -0.1) is 0 Å². The standard InChI is InChI=1S/C14H11NO4S/c16-15(17)13-6-8-14(9-7-13)20(18,19)11-10-12-4-2-1-3-5-12/h1-11H/b11-10+. The number of rotatable bonds is 4. The summed E-state index contributed by atoms with van der Waals surface area (Å²) in [6.45, 7) is 0. The minimum Gasteiger partial charge on any atom is -0.258 e. The van der Waals surface area contributed by atoms with Gasteiger partial charge >= 0.3 is 0 Å². The summed E-state index contributed by atoms with van der Waals surface area (Å²) >= 11 is 0. The molecular formula is C14H11NO4S. The average molecular weight is 289 g/mol. The molecule has 0 bridgehead atoms. The maximum atomic E-state index is 12.0. The van der Waals surface area contributed by atoms with Crippen LogP contribution in [-0.4, -0.2) is 13.3 Å². The summed E-state index contributed by atoms with van der Waals surface area (Å²) in [6.07, 6.45) is 1.48. The van der Waals surface area contributed by atoms with Gasteiger partial charge in [-0.1, -0.05) is 30.3 Å². The summed E-state index contributed by atoms with van der Waals surface area (Å²) in [5.74, 6) is 0. The monoisotopic (exact) mass is 289 g/mol. The molecule has 0 aromatic heterocycles. The van der Waals surface area contributed by atoms with E-state index in [1.807, 2.05) is 6.07 Å². The molecule has 0 aliphatic rings. The summed E-state index contributed by atoms with van der Waals surface area (Å²) in [6, 6.07) is 13.8. The van der Waals surface area contributed by atoms with E-state index in [0.717, 1.165) is 11.0 Å². The van der Waals surface area contributed by atoms with Gasteiger partial charge in [0.1, 0.15) is 0 Å². The smallest absolute Gasteiger partial charge is 0.258 e. The molecule has 0 saturated heterocycles. The van der Waals surface area contributed by atoms with Gasteiger partial charge in [-0.3, -0.25) is 10.1 Å². The van der Waals surface area contributed by atoms with Gasteiger partial charge in [0, 0.05) is 17.5 Å². The van der Waals surface area contributed by atoms with Crippen molar-refractivity contribution in [2.45, 2.75) is 4.90 Å². The molecule has 0 radical (unpaired) electrons. The first kappa shape index (κ1) is 14.0. The van der Waals surface area contributed by atoms with Crippen molar-refractivity contribution >= 4 is 21.6 Å². The molecule has 6 heteroatoms. The van der Waals surface area contributed by atoms with E-state index < -0.39 is 14.8 Å². The van der Waals surface area contributed by atoms with Crippen LogP contribution in [0.1, 0.15) is 5.56 Å². The van der Waals surface area contributed by atoms with E-state index in [2.05, 4.69) is 0 Å². The first-order valence-electron chi connectivity index (χ1n) is 5.72. The molecule has 5 nitrogen and oxygen atoms in total. The fraction of sp³-hybridized carbons (Fsp3) is 0. The molecule has 0 atom stereocenters. The Bertz CT molecular complexity index is 735. The molecule has 0 fully saturated rings. The highest BCUT2D eigenvalue weighted by Gasteiger charge is 2.12. The first-order chi connectivity index (χ1) is 9.49. The van der Waals surface area contributed by atoms with Crippen LogP contribution in [0.2, 0.25) is 0 Å². The summed E-state index contributed by atoms with van der Waals surface area (Å²) in [7, 11) is -3.60. The molecular weight excluding hydrogens is 278 g/mol. The van der Waals surface area contributed by atoms with Crippen LogP contribution in [0, 0.1) is 10.1 Å². The summed E-state index contributed by atoms with van der Waals surface area (Å²) in [5, 5.41) is 11.6. The fourth-order valence-electron chi connectivity index (χ4n) is 1.57. The molecule has 0 unspecified atom stereocenters. The number of nitrogens with zero attached hydrogens (tertiary/aromatic N) is 1. The number of benzene rings is 2. The average Bonchev–Trinajstić information content (AvgIpc) is 2.46. The highest BCUT2D eigenvalue weighted by atomic mass is 32.2. The number of non-ortho nitro benzene ring substituents is 1. The Labute approximate surface area is 116 Å². The lowest BCUT2D eigenvalue weighted by Crippen LogP contribution is -1.96. The van der Waals surface area contributed by atoms with Crippen molar-refractivity contribution in [2.24, 2.45) is 0 Å².